The lowest BCUT2D eigenvalue weighted by atomic mass is 9.93. The average Bonchev–Trinajstić information content (AvgIpc) is 3.14. The number of amides is 2. The quantitative estimate of drug-likeness (QED) is 0.765. The first kappa shape index (κ1) is 15.7. The third kappa shape index (κ3) is 2.66. The maximum Gasteiger partial charge on any atom is 0.275 e. The summed E-state index contributed by atoms with van der Waals surface area (Å²) in [6.45, 7) is 0.393. The minimum Gasteiger partial charge on any atom is -0.357 e. The minimum absolute atomic E-state index is 0.167. The SMILES string of the molecule is CNC(=O)[C@@H]1Cc2ccccc2CN1C(=O)c1ncnc2ccsc12. The fraction of sp³-hybridized carbons (Fsp3) is 0.222. The predicted molar refractivity (Wildman–Crippen MR) is 95.3 cm³/mol. The van der Waals surface area contributed by atoms with Crippen LogP contribution in [-0.2, 0) is 17.8 Å². The molecule has 25 heavy (non-hydrogen) atoms. The van der Waals surface area contributed by atoms with Gasteiger partial charge in [-0.2, -0.15) is 0 Å². The van der Waals surface area contributed by atoms with Gasteiger partial charge in [0.15, 0.2) is 0 Å². The van der Waals surface area contributed by atoms with E-state index in [1.807, 2.05) is 35.7 Å². The number of nitrogens with zero attached hydrogens (tertiary/aromatic N) is 3. The van der Waals surface area contributed by atoms with E-state index in [-0.39, 0.29) is 11.8 Å². The molecule has 1 aromatic carbocycles. The van der Waals surface area contributed by atoms with E-state index < -0.39 is 6.04 Å². The molecule has 1 aliphatic heterocycles. The monoisotopic (exact) mass is 352 g/mol. The second-order valence-corrected chi connectivity index (χ2v) is 6.81. The minimum atomic E-state index is -0.544. The number of aromatic nitrogens is 2. The molecule has 3 aromatic rings. The van der Waals surface area contributed by atoms with Crippen LogP contribution in [0.4, 0.5) is 0 Å². The number of hydrogen-bond acceptors (Lipinski definition) is 5. The Labute approximate surface area is 148 Å². The fourth-order valence-corrected chi connectivity index (χ4v) is 4.04. The van der Waals surface area contributed by atoms with Gasteiger partial charge in [0.25, 0.3) is 5.91 Å². The first-order valence-corrected chi connectivity index (χ1v) is 8.84. The van der Waals surface area contributed by atoms with E-state index in [4.69, 9.17) is 0 Å². The largest absolute Gasteiger partial charge is 0.357 e. The Morgan fingerprint density at radius 2 is 2.00 bits per heavy atom. The average molecular weight is 352 g/mol. The summed E-state index contributed by atoms with van der Waals surface area (Å²) in [6, 6.07) is 9.23. The van der Waals surface area contributed by atoms with E-state index in [0.717, 1.165) is 21.3 Å². The molecule has 4 rings (SSSR count). The Morgan fingerprint density at radius 3 is 2.80 bits per heavy atom. The Kier molecular flexibility index (Phi) is 3.93. The second kappa shape index (κ2) is 6.25. The Bertz CT molecular complexity index is 968. The first-order valence-electron chi connectivity index (χ1n) is 7.96. The summed E-state index contributed by atoms with van der Waals surface area (Å²) in [7, 11) is 1.59. The van der Waals surface area contributed by atoms with E-state index >= 15 is 0 Å². The highest BCUT2D eigenvalue weighted by Crippen LogP contribution is 2.28. The number of hydrogen-bond donors (Lipinski definition) is 1. The Hall–Kier alpha value is -2.80. The highest BCUT2D eigenvalue weighted by molar-refractivity contribution is 7.17. The molecule has 0 saturated heterocycles. The molecule has 3 heterocycles. The number of nitrogens with one attached hydrogen (secondary N) is 1. The van der Waals surface area contributed by atoms with Crippen LogP contribution in [0, 0.1) is 0 Å². The summed E-state index contributed by atoms with van der Waals surface area (Å²) in [5.41, 5.74) is 3.27. The van der Waals surface area contributed by atoms with Gasteiger partial charge in [0.2, 0.25) is 5.91 Å². The molecular formula is C18H16N4O2S. The van der Waals surface area contributed by atoms with Crippen LogP contribution in [-0.4, -0.2) is 39.8 Å². The van der Waals surface area contributed by atoms with Crippen LogP contribution in [0.1, 0.15) is 21.6 Å². The molecule has 2 aromatic heterocycles. The van der Waals surface area contributed by atoms with Crippen molar-refractivity contribution >= 4 is 33.4 Å². The number of thiophene rings is 1. The molecule has 0 spiro atoms. The molecule has 0 bridgehead atoms. The molecule has 0 aliphatic carbocycles. The summed E-state index contributed by atoms with van der Waals surface area (Å²) >= 11 is 1.43. The van der Waals surface area contributed by atoms with E-state index in [9.17, 15) is 9.59 Å². The van der Waals surface area contributed by atoms with Crippen LogP contribution in [0.5, 0.6) is 0 Å². The summed E-state index contributed by atoms with van der Waals surface area (Å²) in [4.78, 5) is 35.6. The predicted octanol–water partition coefficient (Wildman–Crippen LogP) is 2.00. The maximum absolute atomic E-state index is 13.2. The zero-order chi connectivity index (χ0) is 17.4. The lowest BCUT2D eigenvalue weighted by Gasteiger charge is -2.35. The lowest BCUT2D eigenvalue weighted by Crippen LogP contribution is -2.52. The molecule has 6 nitrogen and oxygen atoms in total. The topological polar surface area (TPSA) is 75.2 Å². The number of carbonyl (C=O) groups excluding carboxylic acids is 2. The molecule has 7 heteroatoms. The Balaban J connectivity index is 1.77. The van der Waals surface area contributed by atoms with Crippen molar-refractivity contribution in [3.8, 4) is 0 Å². The van der Waals surface area contributed by atoms with Crippen molar-refractivity contribution in [2.75, 3.05) is 7.05 Å². The van der Waals surface area contributed by atoms with Gasteiger partial charge in [-0.3, -0.25) is 9.59 Å². The molecule has 1 atom stereocenters. The maximum atomic E-state index is 13.2. The van der Waals surface area contributed by atoms with Crippen molar-refractivity contribution in [3.63, 3.8) is 0 Å². The van der Waals surface area contributed by atoms with Crippen LogP contribution in [0.25, 0.3) is 10.2 Å². The molecule has 0 unspecified atom stereocenters. The number of likely N-dealkylation sites (N-methyl/N-ethyl adjacent to an activating group) is 1. The molecule has 0 fully saturated rings. The highest BCUT2D eigenvalue weighted by Gasteiger charge is 2.35. The molecule has 0 radical (unpaired) electrons. The summed E-state index contributed by atoms with van der Waals surface area (Å²) in [5.74, 6) is -0.405. The third-order valence-electron chi connectivity index (χ3n) is 4.50. The van der Waals surface area contributed by atoms with Crippen molar-refractivity contribution in [1.29, 1.82) is 0 Å². The second-order valence-electron chi connectivity index (χ2n) is 5.89. The van der Waals surface area contributed by atoms with Gasteiger partial charge in [0, 0.05) is 20.0 Å². The van der Waals surface area contributed by atoms with Crippen molar-refractivity contribution in [2.24, 2.45) is 0 Å². The van der Waals surface area contributed by atoms with E-state index in [0.29, 0.717) is 18.7 Å². The molecule has 1 N–H and O–H groups in total. The summed E-state index contributed by atoms with van der Waals surface area (Å²) < 4.78 is 0.752. The lowest BCUT2D eigenvalue weighted by molar-refractivity contribution is -0.125. The van der Waals surface area contributed by atoms with E-state index in [1.54, 1.807) is 11.9 Å². The highest BCUT2D eigenvalue weighted by atomic mass is 32.1. The summed E-state index contributed by atoms with van der Waals surface area (Å²) in [5, 5.41) is 4.56. The normalized spacial score (nSPS) is 16.5. The number of benzene rings is 1. The van der Waals surface area contributed by atoms with Gasteiger partial charge in [-0.05, 0) is 22.6 Å². The van der Waals surface area contributed by atoms with Gasteiger partial charge in [0.1, 0.15) is 18.1 Å². The molecule has 1 aliphatic rings. The van der Waals surface area contributed by atoms with Crippen molar-refractivity contribution < 1.29 is 9.59 Å². The van der Waals surface area contributed by atoms with Crippen LogP contribution in [0.3, 0.4) is 0 Å². The number of fused-ring (bicyclic) bond motifs is 2. The zero-order valence-corrected chi connectivity index (χ0v) is 14.4. The van der Waals surface area contributed by atoms with Crippen LogP contribution in [0.15, 0.2) is 42.0 Å². The van der Waals surface area contributed by atoms with Gasteiger partial charge < -0.3 is 10.2 Å². The number of rotatable bonds is 2. The van der Waals surface area contributed by atoms with Crippen LogP contribution in [0.2, 0.25) is 0 Å². The fourth-order valence-electron chi connectivity index (χ4n) is 3.21. The van der Waals surface area contributed by atoms with Gasteiger partial charge in [0.05, 0.1) is 10.2 Å². The standard InChI is InChI=1S/C18H16N4O2S/c1-19-17(23)14-8-11-4-2-3-5-12(11)9-22(14)18(24)15-16-13(6-7-25-16)20-10-21-15/h2-7,10,14H,8-9H2,1H3,(H,19,23)/t14-/m0/s1. The molecule has 0 saturated carbocycles. The number of carbonyl (C=O) groups is 2. The summed E-state index contributed by atoms with van der Waals surface area (Å²) in [6.07, 6.45) is 1.90. The molecular weight excluding hydrogens is 336 g/mol. The Morgan fingerprint density at radius 1 is 1.20 bits per heavy atom. The van der Waals surface area contributed by atoms with Crippen LogP contribution >= 0.6 is 11.3 Å². The van der Waals surface area contributed by atoms with Gasteiger partial charge >= 0.3 is 0 Å². The van der Waals surface area contributed by atoms with Gasteiger partial charge in [-0.1, -0.05) is 24.3 Å². The van der Waals surface area contributed by atoms with Crippen molar-refractivity contribution in [2.45, 2.75) is 19.0 Å². The van der Waals surface area contributed by atoms with Gasteiger partial charge in [-0.25, -0.2) is 9.97 Å². The van der Waals surface area contributed by atoms with Crippen molar-refractivity contribution in [3.05, 3.63) is 58.9 Å². The smallest absolute Gasteiger partial charge is 0.275 e. The van der Waals surface area contributed by atoms with E-state index in [2.05, 4.69) is 15.3 Å². The van der Waals surface area contributed by atoms with E-state index in [1.165, 1.54) is 17.7 Å². The van der Waals surface area contributed by atoms with Crippen molar-refractivity contribution in [1.82, 2.24) is 20.2 Å². The van der Waals surface area contributed by atoms with Gasteiger partial charge in [-0.15, -0.1) is 11.3 Å². The molecule has 126 valence electrons. The third-order valence-corrected chi connectivity index (χ3v) is 5.41. The first-order chi connectivity index (χ1) is 12.2. The zero-order valence-electron chi connectivity index (χ0n) is 13.6. The molecule has 2 amide bonds. The van der Waals surface area contributed by atoms with Crippen LogP contribution < -0.4 is 5.32 Å².